The van der Waals surface area contributed by atoms with Crippen molar-refractivity contribution in [2.45, 2.75) is 49.3 Å². The van der Waals surface area contributed by atoms with E-state index in [-0.39, 0.29) is 0 Å². The maximum Gasteiger partial charge on any atom is 0.240 e. The van der Waals surface area contributed by atoms with Crippen molar-refractivity contribution in [1.29, 1.82) is 0 Å². The standard InChI is InChI=1S/C16H24BrNO2S/c1-13-3-2-4-14(11-13)9-10-18-21(19,20)16-7-5-15(12-17)6-8-16/h5-8,13-14,18H,2-4,9-12H2,1H3. The molecule has 0 radical (unpaired) electrons. The van der Waals surface area contributed by atoms with Crippen molar-refractivity contribution in [3.05, 3.63) is 29.8 Å². The molecule has 3 nitrogen and oxygen atoms in total. The summed E-state index contributed by atoms with van der Waals surface area (Å²) in [5, 5.41) is 0.737. The van der Waals surface area contributed by atoms with Crippen LogP contribution in [0, 0.1) is 11.8 Å². The minimum atomic E-state index is -3.36. The van der Waals surface area contributed by atoms with Crippen molar-refractivity contribution in [2.24, 2.45) is 11.8 Å². The number of benzene rings is 1. The molecule has 0 heterocycles. The molecule has 2 atom stereocenters. The lowest BCUT2D eigenvalue weighted by atomic mass is 9.81. The average molecular weight is 374 g/mol. The SMILES string of the molecule is CC1CCCC(CCNS(=O)(=O)c2ccc(CBr)cc2)C1. The fraction of sp³-hybridized carbons (Fsp3) is 0.625. The maximum absolute atomic E-state index is 12.2. The molecule has 0 amide bonds. The van der Waals surface area contributed by atoms with E-state index >= 15 is 0 Å². The van der Waals surface area contributed by atoms with Crippen LogP contribution in [-0.4, -0.2) is 15.0 Å². The highest BCUT2D eigenvalue weighted by molar-refractivity contribution is 9.08. The van der Waals surface area contributed by atoms with Gasteiger partial charge in [0.25, 0.3) is 0 Å². The summed E-state index contributed by atoms with van der Waals surface area (Å²) in [5.41, 5.74) is 1.07. The molecule has 118 valence electrons. The quantitative estimate of drug-likeness (QED) is 0.763. The van der Waals surface area contributed by atoms with Crippen LogP contribution in [0.1, 0.15) is 44.6 Å². The Morgan fingerprint density at radius 3 is 2.57 bits per heavy atom. The van der Waals surface area contributed by atoms with Gasteiger partial charge < -0.3 is 0 Å². The first kappa shape index (κ1) is 17.0. The van der Waals surface area contributed by atoms with Crippen LogP contribution in [0.4, 0.5) is 0 Å². The second kappa shape index (κ2) is 7.75. The summed E-state index contributed by atoms with van der Waals surface area (Å²) < 4.78 is 27.2. The highest BCUT2D eigenvalue weighted by Gasteiger charge is 2.20. The van der Waals surface area contributed by atoms with Gasteiger partial charge in [0, 0.05) is 11.9 Å². The Bertz CT molecular complexity index is 542. The summed E-state index contributed by atoms with van der Waals surface area (Å²) in [4.78, 5) is 0.351. The molecule has 0 bridgehead atoms. The van der Waals surface area contributed by atoms with Crippen molar-refractivity contribution < 1.29 is 8.42 Å². The monoisotopic (exact) mass is 373 g/mol. The highest BCUT2D eigenvalue weighted by Crippen LogP contribution is 2.30. The van der Waals surface area contributed by atoms with Gasteiger partial charge in [-0.3, -0.25) is 0 Å². The van der Waals surface area contributed by atoms with E-state index < -0.39 is 10.0 Å². The third-order valence-corrected chi connectivity index (χ3v) is 6.40. The lowest BCUT2D eigenvalue weighted by Crippen LogP contribution is -2.27. The first-order valence-electron chi connectivity index (χ1n) is 7.66. The zero-order chi connectivity index (χ0) is 15.3. The molecule has 0 spiro atoms. The van der Waals surface area contributed by atoms with Crippen molar-refractivity contribution in [1.82, 2.24) is 4.72 Å². The van der Waals surface area contributed by atoms with Crippen LogP contribution in [0.15, 0.2) is 29.2 Å². The van der Waals surface area contributed by atoms with E-state index in [1.54, 1.807) is 12.1 Å². The molecule has 2 rings (SSSR count). The van der Waals surface area contributed by atoms with E-state index in [0.717, 1.165) is 23.2 Å². The van der Waals surface area contributed by atoms with Gasteiger partial charge in [-0.05, 0) is 42.4 Å². The number of sulfonamides is 1. The number of hydrogen-bond acceptors (Lipinski definition) is 2. The molecule has 21 heavy (non-hydrogen) atoms. The third-order valence-electron chi connectivity index (χ3n) is 4.28. The van der Waals surface area contributed by atoms with Crippen LogP contribution in [0.2, 0.25) is 0 Å². The van der Waals surface area contributed by atoms with E-state index in [1.165, 1.54) is 25.7 Å². The topological polar surface area (TPSA) is 46.2 Å². The van der Waals surface area contributed by atoms with E-state index in [0.29, 0.717) is 17.4 Å². The second-order valence-corrected chi connectivity index (χ2v) is 8.43. The fourth-order valence-electron chi connectivity index (χ4n) is 3.06. The molecule has 1 aliphatic carbocycles. The first-order chi connectivity index (χ1) is 10.0. The summed E-state index contributed by atoms with van der Waals surface area (Å²) >= 11 is 3.36. The van der Waals surface area contributed by atoms with E-state index in [2.05, 4.69) is 27.6 Å². The van der Waals surface area contributed by atoms with Crippen LogP contribution in [0.3, 0.4) is 0 Å². The maximum atomic E-state index is 12.2. The van der Waals surface area contributed by atoms with E-state index in [9.17, 15) is 8.42 Å². The highest BCUT2D eigenvalue weighted by atomic mass is 79.9. The van der Waals surface area contributed by atoms with Gasteiger partial charge in [-0.15, -0.1) is 0 Å². The number of nitrogens with one attached hydrogen (secondary N) is 1. The average Bonchev–Trinajstić information content (AvgIpc) is 2.47. The Hall–Kier alpha value is -0.390. The van der Waals surface area contributed by atoms with Crippen molar-refractivity contribution >= 4 is 26.0 Å². The summed E-state index contributed by atoms with van der Waals surface area (Å²) in [7, 11) is -3.36. The molecule has 1 aromatic rings. The number of halogens is 1. The predicted molar refractivity (Wildman–Crippen MR) is 90.0 cm³/mol. The smallest absolute Gasteiger partial charge is 0.211 e. The number of hydrogen-bond donors (Lipinski definition) is 1. The predicted octanol–water partition coefficient (Wildman–Crippen LogP) is 4.08. The van der Waals surface area contributed by atoms with Gasteiger partial charge in [0.1, 0.15) is 0 Å². The summed E-state index contributed by atoms with van der Waals surface area (Å²) in [6.45, 7) is 2.83. The number of alkyl halides is 1. The van der Waals surface area contributed by atoms with Crippen LogP contribution >= 0.6 is 15.9 Å². The number of rotatable bonds is 6. The Morgan fingerprint density at radius 2 is 1.95 bits per heavy atom. The van der Waals surface area contributed by atoms with E-state index in [1.807, 2.05) is 12.1 Å². The first-order valence-corrected chi connectivity index (χ1v) is 10.3. The molecule has 5 heteroatoms. The Morgan fingerprint density at radius 1 is 1.24 bits per heavy atom. The minimum Gasteiger partial charge on any atom is -0.211 e. The molecule has 1 fully saturated rings. The molecule has 2 unspecified atom stereocenters. The van der Waals surface area contributed by atoms with Crippen LogP contribution in [0.5, 0.6) is 0 Å². The molecule has 1 aromatic carbocycles. The summed E-state index contributed by atoms with van der Waals surface area (Å²) in [6, 6.07) is 7.02. The van der Waals surface area contributed by atoms with Crippen molar-refractivity contribution in [3.63, 3.8) is 0 Å². The summed E-state index contributed by atoms with van der Waals surface area (Å²) in [5.74, 6) is 1.46. The third kappa shape index (κ3) is 5.08. The molecule has 1 saturated carbocycles. The molecule has 0 aromatic heterocycles. The van der Waals surface area contributed by atoms with Gasteiger partial charge in [0.05, 0.1) is 4.90 Å². The molecule has 0 aliphatic heterocycles. The van der Waals surface area contributed by atoms with Crippen LogP contribution < -0.4 is 4.72 Å². The van der Waals surface area contributed by atoms with Gasteiger partial charge in [-0.25, -0.2) is 13.1 Å². The molecule has 0 saturated heterocycles. The van der Waals surface area contributed by atoms with Gasteiger partial charge >= 0.3 is 0 Å². The molecular formula is C16H24BrNO2S. The Kier molecular flexibility index (Phi) is 6.26. The molecule has 1 aliphatic rings. The summed E-state index contributed by atoms with van der Waals surface area (Å²) in [6.07, 6.45) is 6.03. The zero-order valence-electron chi connectivity index (χ0n) is 12.5. The largest absolute Gasteiger partial charge is 0.240 e. The normalized spacial score (nSPS) is 23.1. The van der Waals surface area contributed by atoms with Crippen molar-refractivity contribution in [3.8, 4) is 0 Å². The van der Waals surface area contributed by atoms with Gasteiger partial charge in [-0.2, -0.15) is 0 Å². The van der Waals surface area contributed by atoms with Crippen LogP contribution in [-0.2, 0) is 15.4 Å². The zero-order valence-corrected chi connectivity index (χ0v) is 14.9. The van der Waals surface area contributed by atoms with Gasteiger partial charge in [-0.1, -0.05) is 54.2 Å². The second-order valence-electron chi connectivity index (χ2n) is 6.10. The Labute approximate surface area is 136 Å². The Balaban J connectivity index is 1.85. The minimum absolute atomic E-state index is 0.351. The van der Waals surface area contributed by atoms with Gasteiger partial charge in [0.2, 0.25) is 10.0 Å². The van der Waals surface area contributed by atoms with E-state index in [4.69, 9.17) is 0 Å². The van der Waals surface area contributed by atoms with Crippen molar-refractivity contribution in [2.75, 3.05) is 6.54 Å². The molecule has 1 N–H and O–H groups in total. The van der Waals surface area contributed by atoms with Crippen LogP contribution in [0.25, 0.3) is 0 Å². The fourth-order valence-corrected chi connectivity index (χ4v) is 4.48. The lowest BCUT2D eigenvalue weighted by Gasteiger charge is -2.26. The lowest BCUT2D eigenvalue weighted by molar-refractivity contribution is 0.271. The van der Waals surface area contributed by atoms with Gasteiger partial charge in [0.15, 0.2) is 0 Å². The molecular weight excluding hydrogens is 350 g/mol.